The van der Waals surface area contributed by atoms with Crippen molar-refractivity contribution >= 4 is 28.8 Å². The van der Waals surface area contributed by atoms with Crippen LogP contribution < -0.4 is 16.1 Å². The molecule has 6 nitrogen and oxygen atoms in total. The van der Waals surface area contributed by atoms with E-state index in [0.717, 1.165) is 23.3 Å². The lowest BCUT2D eigenvalue weighted by molar-refractivity contribution is 0.0695. The highest BCUT2D eigenvalue weighted by atomic mass is 19.1. The summed E-state index contributed by atoms with van der Waals surface area (Å²) in [6.07, 6.45) is 2.88. The molecule has 1 saturated heterocycles. The molecule has 1 aliphatic heterocycles. The first-order valence-corrected chi connectivity index (χ1v) is 7.76. The van der Waals surface area contributed by atoms with E-state index in [2.05, 4.69) is 6.58 Å². The van der Waals surface area contributed by atoms with Crippen molar-refractivity contribution in [3.63, 3.8) is 0 Å². The molecule has 0 bridgehead atoms. The van der Waals surface area contributed by atoms with Gasteiger partial charge in [0.2, 0.25) is 5.43 Å². The van der Waals surface area contributed by atoms with Crippen molar-refractivity contribution < 1.29 is 18.7 Å². The Morgan fingerprint density at radius 1 is 1.48 bits per heavy atom. The standard InChI is InChI=1S/C17H17F2N3O3/c1-2-21-8-11(17(24)25)16(23)10-5-12(18)15(13(19)14(10)21)22-4-3-9(6-20)7-22/h2,5,8-9H,1,3-4,6-7,20H2,(H,24,25). The van der Waals surface area contributed by atoms with Crippen molar-refractivity contribution in [2.75, 3.05) is 24.5 Å². The number of carboxylic acids is 1. The maximum Gasteiger partial charge on any atom is 0.341 e. The fraction of sp³-hybridized carbons (Fsp3) is 0.294. The van der Waals surface area contributed by atoms with Crippen LogP contribution in [0.4, 0.5) is 14.5 Å². The summed E-state index contributed by atoms with van der Waals surface area (Å²) in [6, 6.07) is 0.887. The van der Waals surface area contributed by atoms with E-state index in [9.17, 15) is 14.0 Å². The van der Waals surface area contributed by atoms with E-state index in [-0.39, 0.29) is 22.5 Å². The number of hydrogen-bond acceptors (Lipinski definition) is 4. The third-order valence-electron chi connectivity index (χ3n) is 4.55. The molecule has 0 amide bonds. The monoisotopic (exact) mass is 349 g/mol. The average Bonchev–Trinajstić information content (AvgIpc) is 3.04. The molecular weight excluding hydrogens is 332 g/mol. The molecule has 0 saturated carbocycles. The summed E-state index contributed by atoms with van der Waals surface area (Å²) in [5, 5.41) is 8.77. The highest BCUT2D eigenvalue weighted by molar-refractivity contribution is 5.94. The van der Waals surface area contributed by atoms with Crippen LogP contribution in [0.1, 0.15) is 16.8 Å². The topological polar surface area (TPSA) is 88.6 Å². The molecule has 8 heteroatoms. The highest BCUT2D eigenvalue weighted by Crippen LogP contribution is 2.33. The Hall–Kier alpha value is -2.74. The largest absolute Gasteiger partial charge is 0.477 e. The van der Waals surface area contributed by atoms with Gasteiger partial charge in [0.05, 0.1) is 10.9 Å². The lowest BCUT2D eigenvalue weighted by Gasteiger charge is -2.21. The van der Waals surface area contributed by atoms with Crippen LogP contribution >= 0.6 is 0 Å². The Morgan fingerprint density at radius 2 is 2.20 bits per heavy atom. The van der Waals surface area contributed by atoms with Crippen molar-refractivity contribution in [3.8, 4) is 0 Å². The average molecular weight is 349 g/mol. The van der Waals surface area contributed by atoms with E-state index in [1.807, 2.05) is 0 Å². The van der Waals surface area contributed by atoms with Crippen LogP contribution in [0.3, 0.4) is 0 Å². The number of halogens is 2. The minimum absolute atomic E-state index is 0.144. The Labute approximate surface area is 141 Å². The lowest BCUT2D eigenvalue weighted by atomic mass is 10.1. The number of anilines is 1. The van der Waals surface area contributed by atoms with Crippen molar-refractivity contribution in [1.29, 1.82) is 0 Å². The van der Waals surface area contributed by atoms with Crippen molar-refractivity contribution in [2.24, 2.45) is 11.7 Å². The van der Waals surface area contributed by atoms with E-state index in [0.29, 0.717) is 19.6 Å². The van der Waals surface area contributed by atoms with Crippen molar-refractivity contribution in [3.05, 3.63) is 46.3 Å². The van der Waals surface area contributed by atoms with Gasteiger partial charge in [-0.3, -0.25) is 4.79 Å². The summed E-state index contributed by atoms with van der Waals surface area (Å²) in [4.78, 5) is 25.0. The van der Waals surface area contributed by atoms with Crippen LogP contribution in [-0.4, -0.2) is 35.3 Å². The van der Waals surface area contributed by atoms with Gasteiger partial charge in [-0.1, -0.05) is 6.58 Å². The molecule has 1 unspecified atom stereocenters. The first-order chi connectivity index (χ1) is 11.9. The van der Waals surface area contributed by atoms with Gasteiger partial charge in [-0.25, -0.2) is 13.6 Å². The first-order valence-electron chi connectivity index (χ1n) is 7.76. The molecule has 2 aromatic rings. The number of pyridine rings is 1. The summed E-state index contributed by atoms with van der Waals surface area (Å²) >= 11 is 0. The number of carboxylic acid groups (broad SMARTS) is 1. The molecule has 2 heterocycles. The molecule has 1 aromatic heterocycles. The molecule has 3 rings (SSSR count). The van der Waals surface area contributed by atoms with Crippen LogP contribution in [0.2, 0.25) is 0 Å². The highest BCUT2D eigenvalue weighted by Gasteiger charge is 2.29. The third-order valence-corrected chi connectivity index (χ3v) is 4.55. The van der Waals surface area contributed by atoms with Gasteiger partial charge in [0, 0.05) is 25.5 Å². The summed E-state index contributed by atoms with van der Waals surface area (Å²) in [7, 11) is 0. The normalized spacial score (nSPS) is 17.2. The first kappa shape index (κ1) is 17.1. The number of hydrogen-bond donors (Lipinski definition) is 2. The summed E-state index contributed by atoms with van der Waals surface area (Å²) in [5.74, 6) is -3.15. The number of rotatable bonds is 4. The summed E-state index contributed by atoms with van der Waals surface area (Å²) in [5.41, 5.74) is 3.67. The maximum absolute atomic E-state index is 15.1. The van der Waals surface area contributed by atoms with Gasteiger partial charge in [0.25, 0.3) is 0 Å². The van der Waals surface area contributed by atoms with Crippen LogP contribution in [0.25, 0.3) is 17.1 Å². The van der Waals surface area contributed by atoms with Crippen LogP contribution in [-0.2, 0) is 0 Å². The van der Waals surface area contributed by atoms with Gasteiger partial charge in [0.1, 0.15) is 17.1 Å². The number of aromatic carboxylic acids is 1. The van der Waals surface area contributed by atoms with Gasteiger partial charge in [-0.2, -0.15) is 0 Å². The molecular formula is C17H17F2N3O3. The van der Waals surface area contributed by atoms with E-state index < -0.39 is 28.6 Å². The summed E-state index contributed by atoms with van der Waals surface area (Å²) < 4.78 is 30.8. The van der Waals surface area contributed by atoms with E-state index >= 15 is 4.39 Å². The second kappa shape index (κ2) is 6.29. The SMILES string of the molecule is C=Cn1cc(C(=O)O)c(=O)c2cc(F)c(N3CCC(CN)C3)c(F)c21. The Kier molecular flexibility index (Phi) is 4.30. The van der Waals surface area contributed by atoms with E-state index in [1.165, 1.54) is 6.20 Å². The third kappa shape index (κ3) is 2.68. The van der Waals surface area contributed by atoms with Crippen molar-refractivity contribution in [2.45, 2.75) is 6.42 Å². The van der Waals surface area contributed by atoms with Crippen molar-refractivity contribution in [1.82, 2.24) is 4.57 Å². The molecule has 132 valence electrons. The predicted molar refractivity (Wildman–Crippen MR) is 90.8 cm³/mol. The zero-order valence-electron chi connectivity index (χ0n) is 13.3. The Bertz CT molecular complexity index is 939. The fourth-order valence-electron chi connectivity index (χ4n) is 3.25. The Balaban J connectivity index is 2.30. The van der Waals surface area contributed by atoms with Gasteiger partial charge in [0.15, 0.2) is 5.82 Å². The van der Waals surface area contributed by atoms with Gasteiger partial charge < -0.3 is 20.3 Å². The fourth-order valence-corrected chi connectivity index (χ4v) is 3.25. The van der Waals surface area contributed by atoms with Gasteiger partial charge in [-0.05, 0) is 24.9 Å². The number of aromatic nitrogens is 1. The minimum atomic E-state index is -1.47. The molecule has 1 aliphatic rings. The number of benzene rings is 1. The summed E-state index contributed by atoms with van der Waals surface area (Å²) in [6.45, 7) is 4.80. The number of nitrogens with two attached hydrogens (primary N) is 1. The quantitative estimate of drug-likeness (QED) is 0.880. The maximum atomic E-state index is 15.1. The van der Waals surface area contributed by atoms with Crippen LogP contribution in [0.5, 0.6) is 0 Å². The molecule has 0 spiro atoms. The minimum Gasteiger partial charge on any atom is -0.477 e. The van der Waals surface area contributed by atoms with E-state index in [4.69, 9.17) is 10.8 Å². The molecule has 1 fully saturated rings. The molecule has 3 N–H and O–H groups in total. The van der Waals surface area contributed by atoms with Crippen LogP contribution in [0.15, 0.2) is 23.6 Å². The lowest BCUT2D eigenvalue weighted by Crippen LogP contribution is -2.25. The zero-order valence-corrected chi connectivity index (χ0v) is 13.3. The zero-order chi connectivity index (χ0) is 18.3. The van der Waals surface area contributed by atoms with E-state index in [1.54, 1.807) is 4.90 Å². The number of fused-ring (bicyclic) bond motifs is 1. The molecule has 0 radical (unpaired) electrons. The molecule has 1 atom stereocenters. The van der Waals surface area contributed by atoms with Gasteiger partial charge >= 0.3 is 5.97 Å². The number of carbonyl (C=O) groups is 1. The Morgan fingerprint density at radius 3 is 2.76 bits per heavy atom. The predicted octanol–water partition coefficient (Wildman–Crippen LogP) is 1.86. The second-order valence-corrected chi connectivity index (χ2v) is 6.02. The molecule has 25 heavy (non-hydrogen) atoms. The smallest absolute Gasteiger partial charge is 0.341 e. The van der Waals surface area contributed by atoms with Gasteiger partial charge in [-0.15, -0.1) is 0 Å². The number of nitrogens with zero attached hydrogens (tertiary/aromatic N) is 2. The van der Waals surface area contributed by atoms with Crippen LogP contribution in [0, 0.1) is 17.6 Å². The molecule has 0 aliphatic carbocycles. The second-order valence-electron chi connectivity index (χ2n) is 6.02. The molecule has 1 aromatic carbocycles.